The normalized spacial score (nSPS) is 11.6. The largest absolute Gasteiger partial charge is 0.456 e. The van der Waals surface area contributed by atoms with Crippen molar-refractivity contribution >= 4 is 34.3 Å². The van der Waals surface area contributed by atoms with Crippen LogP contribution in [0.3, 0.4) is 0 Å². The summed E-state index contributed by atoms with van der Waals surface area (Å²) >= 11 is 3.04. The van der Waals surface area contributed by atoms with Gasteiger partial charge in [-0.3, -0.25) is 0 Å². The molecule has 2 N–H and O–H groups in total. The van der Waals surface area contributed by atoms with Crippen molar-refractivity contribution in [2.75, 3.05) is 5.73 Å². The Kier molecular flexibility index (Phi) is 3.69. The predicted molar refractivity (Wildman–Crippen MR) is 81.9 cm³/mol. The number of anilines is 1. The maximum absolute atomic E-state index is 12.1. The van der Waals surface area contributed by atoms with E-state index in [-0.39, 0.29) is 5.97 Å². The highest BCUT2D eigenvalue weighted by Gasteiger charge is 2.22. The fourth-order valence-electron chi connectivity index (χ4n) is 1.63. The standard InChI is InChI=1S/C14H17NO2S2/c1-8-5-6-18-11(8)10-7-9(15)12(19-10)13(16)17-14(2,3)4/h5-7H,15H2,1-4H3. The molecule has 3 nitrogen and oxygen atoms in total. The van der Waals surface area contributed by atoms with Crippen molar-refractivity contribution in [3.05, 3.63) is 28.0 Å². The molecule has 0 spiro atoms. The van der Waals surface area contributed by atoms with Gasteiger partial charge >= 0.3 is 5.97 Å². The highest BCUT2D eigenvalue weighted by Crippen LogP contribution is 2.38. The van der Waals surface area contributed by atoms with Crippen LogP contribution in [0.25, 0.3) is 9.75 Å². The molecule has 0 radical (unpaired) electrons. The minimum absolute atomic E-state index is 0.351. The molecule has 19 heavy (non-hydrogen) atoms. The van der Waals surface area contributed by atoms with Crippen LogP contribution >= 0.6 is 22.7 Å². The lowest BCUT2D eigenvalue weighted by Crippen LogP contribution is -2.23. The van der Waals surface area contributed by atoms with Gasteiger partial charge < -0.3 is 10.5 Å². The van der Waals surface area contributed by atoms with Gasteiger partial charge in [0, 0.05) is 9.75 Å². The van der Waals surface area contributed by atoms with Crippen molar-refractivity contribution in [2.24, 2.45) is 0 Å². The summed E-state index contributed by atoms with van der Waals surface area (Å²) in [5, 5.41) is 2.04. The maximum Gasteiger partial charge on any atom is 0.350 e. The first-order valence-corrected chi connectivity index (χ1v) is 7.64. The number of carbonyl (C=O) groups is 1. The van der Waals surface area contributed by atoms with Gasteiger partial charge in [0.25, 0.3) is 0 Å². The van der Waals surface area contributed by atoms with Crippen LogP contribution in [-0.4, -0.2) is 11.6 Å². The van der Waals surface area contributed by atoms with Crippen LogP contribution < -0.4 is 5.73 Å². The van der Waals surface area contributed by atoms with Gasteiger partial charge in [0.2, 0.25) is 0 Å². The Bertz CT molecular complexity index is 605. The lowest BCUT2D eigenvalue weighted by Gasteiger charge is -2.18. The lowest BCUT2D eigenvalue weighted by atomic mass is 10.2. The first-order valence-electron chi connectivity index (χ1n) is 5.95. The second kappa shape index (κ2) is 4.98. The third kappa shape index (κ3) is 3.16. The van der Waals surface area contributed by atoms with E-state index in [1.807, 2.05) is 32.2 Å². The van der Waals surface area contributed by atoms with E-state index in [2.05, 4.69) is 13.0 Å². The smallest absolute Gasteiger partial charge is 0.350 e. The average Bonchev–Trinajstić information content (AvgIpc) is 2.81. The first-order chi connectivity index (χ1) is 8.78. The Labute approximate surface area is 121 Å². The number of hydrogen-bond donors (Lipinski definition) is 1. The number of thiophene rings is 2. The molecule has 5 heteroatoms. The molecule has 102 valence electrons. The van der Waals surface area contributed by atoms with Crippen molar-refractivity contribution in [3.8, 4) is 9.75 Å². The number of aryl methyl sites for hydroxylation is 1. The molecule has 0 aromatic carbocycles. The number of nitrogen functional groups attached to an aromatic ring is 1. The molecule has 0 unspecified atom stereocenters. The van der Waals surface area contributed by atoms with Crippen LogP contribution in [0.4, 0.5) is 5.69 Å². The summed E-state index contributed by atoms with van der Waals surface area (Å²) in [5.74, 6) is -0.351. The molecule has 0 fully saturated rings. The summed E-state index contributed by atoms with van der Waals surface area (Å²) in [6.07, 6.45) is 0. The van der Waals surface area contributed by atoms with E-state index < -0.39 is 5.60 Å². The van der Waals surface area contributed by atoms with E-state index >= 15 is 0 Å². The average molecular weight is 295 g/mol. The number of hydrogen-bond acceptors (Lipinski definition) is 5. The van der Waals surface area contributed by atoms with Gasteiger partial charge in [0.05, 0.1) is 5.69 Å². The lowest BCUT2D eigenvalue weighted by molar-refractivity contribution is 0.00764. The molecule has 0 saturated carbocycles. The summed E-state index contributed by atoms with van der Waals surface area (Å²) in [6.45, 7) is 7.59. The van der Waals surface area contributed by atoms with E-state index in [1.165, 1.54) is 16.9 Å². The summed E-state index contributed by atoms with van der Waals surface area (Å²) < 4.78 is 5.36. The van der Waals surface area contributed by atoms with Crippen LogP contribution in [0.1, 0.15) is 36.0 Å². The van der Waals surface area contributed by atoms with Gasteiger partial charge in [0.1, 0.15) is 10.5 Å². The highest BCUT2D eigenvalue weighted by atomic mass is 32.1. The number of carbonyl (C=O) groups excluding carboxylic acids is 1. The van der Waals surface area contributed by atoms with Crippen LogP contribution in [0, 0.1) is 6.92 Å². The summed E-state index contributed by atoms with van der Waals surface area (Å²) in [4.78, 5) is 14.7. The SMILES string of the molecule is Cc1ccsc1-c1cc(N)c(C(=O)OC(C)(C)C)s1. The van der Waals surface area contributed by atoms with Crippen molar-refractivity contribution < 1.29 is 9.53 Å². The monoisotopic (exact) mass is 295 g/mol. The number of rotatable bonds is 2. The molecule has 0 aliphatic carbocycles. The highest BCUT2D eigenvalue weighted by molar-refractivity contribution is 7.22. The third-order valence-corrected chi connectivity index (χ3v) is 4.76. The van der Waals surface area contributed by atoms with Crippen LogP contribution in [0.15, 0.2) is 17.5 Å². The second-order valence-corrected chi connectivity index (χ2v) is 7.30. The predicted octanol–water partition coefficient (Wildman–Crippen LogP) is 4.32. The minimum atomic E-state index is -0.507. The molecule has 0 atom stereocenters. The molecule has 0 amide bonds. The van der Waals surface area contributed by atoms with Crippen molar-refractivity contribution in [1.29, 1.82) is 0 Å². The minimum Gasteiger partial charge on any atom is -0.456 e. The maximum atomic E-state index is 12.1. The fraction of sp³-hybridized carbons (Fsp3) is 0.357. The van der Waals surface area contributed by atoms with E-state index in [0.717, 1.165) is 9.75 Å². The zero-order chi connectivity index (χ0) is 14.2. The first kappa shape index (κ1) is 14.1. The molecule has 2 aromatic heterocycles. The number of esters is 1. The second-order valence-electron chi connectivity index (χ2n) is 5.33. The van der Waals surface area contributed by atoms with Crippen molar-refractivity contribution in [3.63, 3.8) is 0 Å². The van der Waals surface area contributed by atoms with Crippen LogP contribution in [0.5, 0.6) is 0 Å². The van der Waals surface area contributed by atoms with Crippen LogP contribution in [-0.2, 0) is 4.74 Å². The molecule has 2 aromatic rings. The zero-order valence-electron chi connectivity index (χ0n) is 11.4. The van der Waals surface area contributed by atoms with Gasteiger partial charge in [-0.15, -0.1) is 22.7 Å². The molecular formula is C14H17NO2S2. The third-order valence-electron chi connectivity index (χ3n) is 2.43. The van der Waals surface area contributed by atoms with Gasteiger partial charge in [-0.1, -0.05) is 0 Å². The fourth-order valence-corrected chi connectivity index (χ4v) is 3.69. The molecule has 0 saturated heterocycles. The van der Waals surface area contributed by atoms with Gasteiger partial charge in [-0.25, -0.2) is 4.79 Å². The van der Waals surface area contributed by atoms with Crippen molar-refractivity contribution in [2.45, 2.75) is 33.3 Å². The summed E-state index contributed by atoms with van der Waals surface area (Å²) in [7, 11) is 0. The Morgan fingerprint density at radius 1 is 1.37 bits per heavy atom. The van der Waals surface area contributed by atoms with E-state index in [0.29, 0.717) is 10.6 Å². The summed E-state index contributed by atoms with van der Waals surface area (Å²) in [6, 6.07) is 3.91. The molecule has 0 bridgehead atoms. The molecule has 2 rings (SSSR count). The molecule has 0 aliphatic heterocycles. The Balaban J connectivity index is 2.32. The Morgan fingerprint density at radius 2 is 2.05 bits per heavy atom. The van der Waals surface area contributed by atoms with E-state index in [1.54, 1.807) is 11.3 Å². The topological polar surface area (TPSA) is 52.3 Å². The zero-order valence-corrected chi connectivity index (χ0v) is 13.1. The molecule has 2 heterocycles. The van der Waals surface area contributed by atoms with Gasteiger partial charge in [-0.2, -0.15) is 0 Å². The van der Waals surface area contributed by atoms with E-state index in [9.17, 15) is 4.79 Å². The summed E-state index contributed by atoms with van der Waals surface area (Å²) in [5.41, 5.74) is 7.11. The number of ether oxygens (including phenoxy) is 1. The van der Waals surface area contributed by atoms with Crippen molar-refractivity contribution in [1.82, 2.24) is 0 Å². The van der Waals surface area contributed by atoms with Gasteiger partial charge in [0.15, 0.2) is 0 Å². The Hall–Kier alpha value is -1.33. The number of nitrogens with two attached hydrogens (primary N) is 1. The Morgan fingerprint density at radius 3 is 2.58 bits per heavy atom. The van der Waals surface area contributed by atoms with E-state index in [4.69, 9.17) is 10.5 Å². The quantitative estimate of drug-likeness (QED) is 0.839. The van der Waals surface area contributed by atoms with Crippen LogP contribution in [0.2, 0.25) is 0 Å². The molecular weight excluding hydrogens is 278 g/mol. The van der Waals surface area contributed by atoms with Gasteiger partial charge in [-0.05, 0) is 50.8 Å². The molecule has 0 aliphatic rings.